The summed E-state index contributed by atoms with van der Waals surface area (Å²) in [4.78, 5) is 0. The zero-order chi connectivity index (χ0) is 9.97. The fourth-order valence-corrected chi connectivity index (χ4v) is 1.38. The number of aromatic nitrogens is 1. The first-order valence-corrected chi connectivity index (χ1v) is 4.43. The molecular weight excluding hydrogens is 179 g/mol. The van der Waals surface area contributed by atoms with Gasteiger partial charge in [0.05, 0.1) is 5.69 Å². The van der Waals surface area contributed by atoms with Crippen LogP contribution in [0.25, 0.3) is 5.69 Å². The molecule has 2 nitrogen and oxygen atoms in total. The van der Waals surface area contributed by atoms with Crippen LogP contribution in [-0.2, 0) is 6.54 Å². The average molecular weight is 190 g/mol. The summed E-state index contributed by atoms with van der Waals surface area (Å²) in [6.07, 6.45) is 3.61. The fourth-order valence-electron chi connectivity index (χ4n) is 1.38. The topological polar surface area (TPSA) is 30.9 Å². The first-order chi connectivity index (χ1) is 6.81. The minimum absolute atomic E-state index is 0.246. The van der Waals surface area contributed by atoms with Gasteiger partial charge in [0.2, 0.25) is 0 Å². The molecule has 2 rings (SSSR count). The quantitative estimate of drug-likeness (QED) is 0.772. The van der Waals surface area contributed by atoms with Crippen molar-refractivity contribution in [2.45, 2.75) is 6.54 Å². The summed E-state index contributed by atoms with van der Waals surface area (Å²) in [5, 5.41) is 0. The summed E-state index contributed by atoms with van der Waals surface area (Å²) in [5.41, 5.74) is 6.77. The van der Waals surface area contributed by atoms with Gasteiger partial charge in [-0.2, -0.15) is 0 Å². The van der Waals surface area contributed by atoms with Gasteiger partial charge in [0.15, 0.2) is 0 Å². The number of hydrogen-bond acceptors (Lipinski definition) is 1. The van der Waals surface area contributed by atoms with E-state index < -0.39 is 0 Å². The molecule has 0 spiro atoms. The second-order valence-corrected chi connectivity index (χ2v) is 3.08. The largest absolute Gasteiger partial charge is 0.326 e. The minimum Gasteiger partial charge on any atom is -0.326 e. The monoisotopic (exact) mass is 190 g/mol. The molecule has 3 heteroatoms. The number of nitrogens with two attached hydrogens (primary N) is 1. The van der Waals surface area contributed by atoms with E-state index in [1.165, 1.54) is 6.07 Å². The van der Waals surface area contributed by atoms with Gasteiger partial charge in [0, 0.05) is 18.9 Å². The van der Waals surface area contributed by atoms with Crippen molar-refractivity contribution in [3.8, 4) is 5.69 Å². The van der Waals surface area contributed by atoms with E-state index in [1.54, 1.807) is 23.0 Å². The molecule has 1 aromatic heterocycles. The fraction of sp³-hybridized carbons (Fsp3) is 0.0909. The molecule has 0 fully saturated rings. The lowest BCUT2D eigenvalue weighted by Crippen LogP contribution is -2.00. The molecular formula is C11H11FN2. The van der Waals surface area contributed by atoms with Crippen molar-refractivity contribution in [1.29, 1.82) is 0 Å². The van der Waals surface area contributed by atoms with Crippen LogP contribution in [0, 0.1) is 5.82 Å². The first-order valence-electron chi connectivity index (χ1n) is 4.43. The van der Waals surface area contributed by atoms with Crippen molar-refractivity contribution in [2.24, 2.45) is 5.73 Å². The van der Waals surface area contributed by atoms with Gasteiger partial charge in [-0.25, -0.2) is 4.39 Å². The highest BCUT2D eigenvalue weighted by molar-refractivity contribution is 5.37. The van der Waals surface area contributed by atoms with Crippen molar-refractivity contribution in [3.05, 3.63) is 54.1 Å². The molecule has 0 aliphatic carbocycles. The van der Waals surface area contributed by atoms with Crippen molar-refractivity contribution in [2.75, 3.05) is 0 Å². The van der Waals surface area contributed by atoms with E-state index in [0.29, 0.717) is 12.2 Å². The van der Waals surface area contributed by atoms with E-state index in [0.717, 1.165) is 5.56 Å². The van der Waals surface area contributed by atoms with Gasteiger partial charge in [-0.3, -0.25) is 0 Å². The van der Waals surface area contributed by atoms with Gasteiger partial charge >= 0.3 is 0 Å². The standard InChI is InChI=1S/C11H11FN2/c12-10-7-9(8-13)3-4-11(10)14-5-1-2-6-14/h1-7H,8,13H2. The molecule has 0 amide bonds. The Morgan fingerprint density at radius 1 is 1.21 bits per heavy atom. The Bertz CT molecular complexity index is 421. The van der Waals surface area contributed by atoms with Crippen LogP contribution in [0.5, 0.6) is 0 Å². The molecule has 2 aromatic rings. The summed E-state index contributed by atoms with van der Waals surface area (Å²) in [6, 6.07) is 8.75. The van der Waals surface area contributed by atoms with E-state index in [1.807, 2.05) is 18.2 Å². The molecule has 72 valence electrons. The molecule has 1 aromatic carbocycles. The van der Waals surface area contributed by atoms with E-state index in [2.05, 4.69) is 0 Å². The predicted octanol–water partition coefficient (Wildman–Crippen LogP) is 2.08. The van der Waals surface area contributed by atoms with Crippen LogP contribution >= 0.6 is 0 Å². The van der Waals surface area contributed by atoms with Crippen molar-refractivity contribution < 1.29 is 4.39 Å². The third kappa shape index (κ3) is 1.54. The Hall–Kier alpha value is -1.61. The van der Waals surface area contributed by atoms with Gasteiger partial charge in [0.1, 0.15) is 5.82 Å². The van der Waals surface area contributed by atoms with Crippen LogP contribution in [0.1, 0.15) is 5.56 Å². The number of rotatable bonds is 2. The van der Waals surface area contributed by atoms with Crippen LogP contribution < -0.4 is 5.73 Å². The highest BCUT2D eigenvalue weighted by Crippen LogP contribution is 2.14. The van der Waals surface area contributed by atoms with Crippen LogP contribution in [0.4, 0.5) is 4.39 Å². The second kappa shape index (κ2) is 3.64. The molecule has 0 saturated heterocycles. The maximum atomic E-state index is 13.5. The Morgan fingerprint density at radius 2 is 1.93 bits per heavy atom. The van der Waals surface area contributed by atoms with Crippen LogP contribution in [0.3, 0.4) is 0 Å². The van der Waals surface area contributed by atoms with Gasteiger partial charge < -0.3 is 10.3 Å². The summed E-state index contributed by atoms with van der Waals surface area (Å²) in [6.45, 7) is 0.364. The third-order valence-electron chi connectivity index (χ3n) is 2.13. The molecule has 14 heavy (non-hydrogen) atoms. The molecule has 0 radical (unpaired) electrons. The Balaban J connectivity index is 2.46. The molecule has 0 aliphatic heterocycles. The van der Waals surface area contributed by atoms with Crippen LogP contribution in [-0.4, -0.2) is 4.57 Å². The molecule has 0 bridgehead atoms. The molecule has 0 atom stereocenters. The lowest BCUT2D eigenvalue weighted by atomic mass is 10.2. The smallest absolute Gasteiger partial charge is 0.147 e. The molecule has 0 aliphatic rings. The Kier molecular flexibility index (Phi) is 2.33. The van der Waals surface area contributed by atoms with Crippen molar-refractivity contribution >= 4 is 0 Å². The van der Waals surface area contributed by atoms with Crippen LogP contribution in [0.15, 0.2) is 42.7 Å². The zero-order valence-electron chi connectivity index (χ0n) is 7.65. The van der Waals surface area contributed by atoms with Gasteiger partial charge in [-0.05, 0) is 29.8 Å². The Labute approximate surface area is 81.8 Å². The highest BCUT2D eigenvalue weighted by atomic mass is 19.1. The summed E-state index contributed by atoms with van der Waals surface area (Å²) < 4.78 is 15.3. The summed E-state index contributed by atoms with van der Waals surface area (Å²) in [5.74, 6) is -0.246. The lowest BCUT2D eigenvalue weighted by molar-refractivity contribution is 0.616. The third-order valence-corrected chi connectivity index (χ3v) is 2.13. The predicted molar refractivity (Wildman–Crippen MR) is 53.6 cm³/mol. The van der Waals surface area contributed by atoms with Gasteiger partial charge in [-0.15, -0.1) is 0 Å². The molecule has 0 unspecified atom stereocenters. The number of hydrogen-bond donors (Lipinski definition) is 1. The lowest BCUT2D eigenvalue weighted by Gasteiger charge is -2.05. The number of benzene rings is 1. The van der Waals surface area contributed by atoms with E-state index >= 15 is 0 Å². The van der Waals surface area contributed by atoms with Gasteiger partial charge in [-0.1, -0.05) is 6.07 Å². The van der Waals surface area contributed by atoms with Gasteiger partial charge in [0.25, 0.3) is 0 Å². The number of nitrogens with zero attached hydrogens (tertiary/aromatic N) is 1. The molecule has 0 saturated carbocycles. The first kappa shape index (κ1) is 8.97. The maximum Gasteiger partial charge on any atom is 0.147 e. The van der Waals surface area contributed by atoms with E-state index in [9.17, 15) is 4.39 Å². The molecule has 1 heterocycles. The van der Waals surface area contributed by atoms with Crippen molar-refractivity contribution in [1.82, 2.24) is 4.57 Å². The zero-order valence-corrected chi connectivity index (χ0v) is 7.65. The number of halogens is 1. The van der Waals surface area contributed by atoms with E-state index in [4.69, 9.17) is 5.73 Å². The normalized spacial score (nSPS) is 10.4. The Morgan fingerprint density at radius 3 is 2.50 bits per heavy atom. The second-order valence-electron chi connectivity index (χ2n) is 3.08. The average Bonchev–Trinajstić information content (AvgIpc) is 2.70. The minimum atomic E-state index is -0.246. The SMILES string of the molecule is NCc1ccc(-n2cccc2)c(F)c1. The van der Waals surface area contributed by atoms with Crippen LogP contribution in [0.2, 0.25) is 0 Å². The highest BCUT2D eigenvalue weighted by Gasteiger charge is 2.03. The maximum absolute atomic E-state index is 13.5. The molecule has 2 N–H and O–H groups in total. The van der Waals surface area contributed by atoms with E-state index in [-0.39, 0.29) is 5.82 Å². The summed E-state index contributed by atoms with van der Waals surface area (Å²) >= 11 is 0. The summed E-state index contributed by atoms with van der Waals surface area (Å²) in [7, 11) is 0. The van der Waals surface area contributed by atoms with Crippen molar-refractivity contribution in [3.63, 3.8) is 0 Å².